The number of nitrogens with zero attached hydrogens (tertiary/aromatic N) is 1. The van der Waals surface area contributed by atoms with Gasteiger partial charge in [0.15, 0.2) is 0 Å². The van der Waals surface area contributed by atoms with Crippen LogP contribution in [0.5, 0.6) is 0 Å². The fourth-order valence-electron chi connectivity index (χ4n) is 3.27. The Morgan fingerprint density at radius 3 is 2.29 bits per heavy atom. The minimum atomic E-state index is 0. The third-order valence-corrected chi connectivity index (χ3v) is 4.94. The molecule has 1 saturated carbocycles. The van der Waals surface area contributed by atoms with Gasteiger partial charge >= 0.3 is 0 Å². The van der Waals surface area contributed by atoms with Crippen LogP contribution in [0.25, 0.3) is 0 Å². The molecule has 1 N–H and O–H groups in total. The second kappa shape index (κ2) is 8.99. The number of piperidine rings is 1. The highest BCUT2D eigenvalue weighted by molar-refractivity contribution is 5.85. The van der Waals surface area contributed by atoms with E-state index in [1.807, 2.05) is 0 Å². The number of nitrogens with one attached hydrogen (secondary N) is 1. The van der Waals surface area contributed by atoms with Crippen LogP contribution in [0.4, 0.5) is 0 Å². The Kier molecular flexibility index (Phi) is 8.04. The largest absolute Gasteiger partial charge is 0.340 e. The van der Waals surface area contributed by atoms with Crippen LogP contribution < -0.4 is 5.32 Å². The Balaban J connectivity index is 0.00000220. The first kappa shape index (κ1) is 18.8. The molecule has 1 atom stereocenters. The molecule has 21 heavy (non-hydrogen) atoms. The summed E-state index contributed by atoms with van der Waals surface area (Å²) in [5.74, 6) is 2.39. The van der Waals surface area contributed by atoms with E-state index in [4.69, 9.17) is 0 Å². The van der Waals surface area contributed by atoms with Crippen molar-refractivity contribution in [2.24, 2.45) is 17.8 Å². The topological polar surface area (TPSA) is 32.3 Å². The number of amides is 1. The molecule has 0 spiro atoms. The lowest BCUT2D eigenvalue weighted by Gasteiger charge is -2.30. The molecule has 4 heteroatoms. The predicted molar refractivity (Wildman–Crippen MR) is 90.8 cm³/mol. The summed E-state index contributed by atoms with van der Waals surface area (Å²) in [6, 6.07) is 0.571. The standard InChI is InChI=1S/C17H32N2O.ClH/c1-13(2)8-11-19(16-4-5-16)17(20)12-14(3)15-6-9-18-10-7-15;/h13-16,18H,4-12H2,1-3H3;1H. The number of hydrogen-bond donors (Lipinski definition) is 1. The maximum Gasteiger partial charge on any atom is 0.223 e. The molecule has 1 heterocycles. The zero-order valence-corrected chi connectivity index (χ0v) is 14.8. The van der Waals surface area contributed by atoms with Gasteiger partial charge in [0.25, 0.3) is 0 Å². The van der Waals surface area contributed by atoms with Gasteiger partial charge in [-0.15, -0.1) is 12.4 Å². The van der Waals surface area contributed by atoms with E-state index in [1.165, 1.54) is 25.7 Å². The van der Waals surface area contributed by atoms with Crippen LogP contribution >= 0.6 is 12.4 Å². The van der Waals surface area contributed by atoms with Gasteiger partial charge in [0, 0.05) is 19.0 Å². The highest BCUT2D eigenvalue weighted by atomic mass is 35.5. The van der Waals surface area contributed by atoms with Crippen molar-refractivity contribution in [1.29, 1.82) is 0 Å². The van der Waals surface area contributed by atoms with Gasteiger partial charge in [-0.25, -0.2) is 0 Å². The molecule has 3 nitrogen and oxygen atoms in total. The SMILES string of the molecule is CC(C)CCN(C(=O)CC(C)C1CCNCC1)C1CC1.Cl. The quantitative estimate of drug-likeness (QED) is 0.780. The third-order valence-electron chi connectivity index (χ3n) is 4.94. The molecule has 0 radical (unpaired) electrons. The lowest BCUT2D eigenvalue weighted by molar-refractivity contribution is -0.133. The summed E-state index contributed by atoms with van der Waals surface area (Å²) in [7, 11) is 0. The van der Waals surface area contributed by atoms with Gasteiger partial charge < -0.3 is 10.2 Å². The second-order valence-electron chi connectivity index (χ2n) is 7.27. The number of hydrogen-bond acceptors (Lipinski definition) is 2. The van der Waals surface area contributed by atoms with Crippen LogP contribution in [-0.4, -0.2) is 36.5 Å². The fraction of sp³-hybridized carbons (Fsp3) is 0.941. The summed E-state index contributed by atoms with van der Waals surface area (Å²) in [6.07, 6.45) is 6.84. The van der Waals surface area contributed by atoms with Crippen LogP contribution in [0, 0.1) is 17.8 Å². The van der Waals surface area contributed by atoms with Crippen molar-refractivity contribution >= 4 is 18.3 Å². The lowest BCUT2D eigenvalue weighted by Crippen LogP contribution is -2.37. The Morgan fingerprint density at radius 1 is 1.14 bits per heavy atom. The molecule has 124 valence electrons. The third kappa shape index (κ3) is 6.15. The Labute approximate surface area is 136 Å². The first-order valence-corrected chi connectivity index (χ1v) is 8.58. The van der Waals surface area contributed by atoms with Crippen molar-refractivity contribution < 1.29 is 4.79 Å². The molecule has 0 bridgehead atoms. The monoisotopic (exact) mass is 316 g/mol. The van der Waals surface area contributed by atoms with Gasteiger partial charge in [-0.1, -0.05) is 20.8 Å². The fourth-order valence-corrected chi connectivity index (χ4v) is 3.27. The van der Waals surface area contributed by atoms with Gasteiger partial charge in [-0.2, -0.15) is 0 Å². The number of rotatable bonds is 7. The molecule has 1 aliphatic carbocycles. The molecule has 1 aliphatic heterocycles. The summed E-state index contributed by atoms with van der Waals surface area (Å²) < 4.78 is 0. The first-order valence-electron chi connectivity index (χ1n) is 8.58. The summed E-state index contributed by atoms with van der Waals surface area (Å²) in [6.45, 7) is 9.99. The number of carbonyl (C=O) groups is 1. The number of halogens is 1. The van der Waals surface area contributed by atoms with Crippen molar-refractivity contribution in [3.8, 4) is 0 Å². The molecule has 1 amide bonds. The van der Waals surface area contributed by atoms with Crippen LogP contribution in [-0.2, 0) is 4.79 Å². The van der Waals surface area contributed by atoms with Crippen molar-refractivity contribution in [2.75, 3.05) is 19.6 Å². The van der Waals surface area contributed by atoms with Crippen LogP contribution in [0.2, 0.25) is 0 Å². The van der Waals surface area contributed by atoms with E-state index in [-0.39, 0.29) is 12.4 Å². The van der Waals surface area contributed by atoms with Gasteiger partial charge in [0.05, 0.1) is 0 Å². The van der Waals surface area contributed by atoms with Crippen LogP contribution in [0.15, 0.2) is 0 Å². The van der Waals surface area contributed by atoms with E-state index in [9.17, 15) is 4.79 Å². The average Bonchev–Trinajstić information content (AvgIpc) is 3.24. The van der Waals surface area contributed by atoms with E-state index < -0.39 is 0 Å². The highest BCUT2D eigenvalue weighted by Gasteiger charge is 2.33. The molecular weight excluding hydrogens is 284 g/mol. The first-order chi connectivity index (χ1) is 9.58. The van der Waals surface area contributed by atoms with Gasteiger partial charge in [-0.05, 0) is 62.9 Å². The molecule has 2 fully saturated rings. The maximum absolute atomic E-state index is 12.6. The highest BCUT2D eigenvalue weighted by Crippen LogP contribution is 2.30. The van der Waals surface area contributed by atoms with Crippen molar-refractivity contribution in [3.63, 3.8) is 0 Å². The zero-order valence-electron chi connectivity index (χ0n) is 13.9. The smallest absolute Gasteiger partial charge is 0.223 e. The number of carbonyl (C=O) groups excluding carboxylic acids is 1. The van der Waals surface area contributed by atoms with Gasteiger partial charge in [0.2, 0.25) is 5.91 Å². The van der Waals surface area contributed by atoms with E-state index in [2.05, 4.69) is 31.0 Å². The molecule has 2 rings (SSSR count). The summed E-state index contributed by atoms with van der Waals surface area (Å²) in [5, 5.41) is 3.41. The molecular formula is C17H33ClN2O. The van der Waals surface area contributed by atoms with Crippen molar-refractivity contribution in [1.82, 2.24) is 10.2 Å². The zero-order chi connectivity index (χ0) is 14.5. The molecule has 2 aliphatic rings. The summed E-state index contributed by atoms with van der Waals surface area (Å²) in [4.78, 5) is 14.8. The molecule has 1 unspecified atom stereocenters. The van der Waals surface area contributed by atoms with Crippen LogP contribution in [0.1, 0.15) is 59.3 Å². The summed E-state index contributed by atoms with van der Waals surface area (Å²) in [5.41, 5.74) is 0. The Hall–Kier alpha value is -0.280. The van der Waals surface area contributed by atoms with Crippen molar-refractivity contribution in [2.45, 2.75) is 65.3 Å². The molecule has 0 aromatic heterocycles. The van der Waals surface area contributed by atoms with Crippen molar-refractivity contribution in [3.05, 3.63) is 0 Å². The van der Waals surface area contributed by atoms with Gasteiger partial charge in [0.1, 0.15) is 0 Å². The average molecular weight is 317 g/mol. The minimum absolute atomic E-state index is 0. The van der Waals surface area contributed by atoms with Crippen LogP contribution in [0.3, 0.4) is 0 Å². The normalized spacial score (nSPS) is 21.0. The van der Waals surface area contributed by atoms with E-state index in [0.717, 1.165) is 38.4 Å². The van der Waals surface area contributed by atoms with E-state index in [0.29, 0.717) is 23.8 Å². The molecule has 0 aromatic rings. The predicted octanol–water partition coefficient (Wildman–Crippen LogP) is 3.47. The van der Waals surface area contributed by atoms with Gasteiger partial charge in [-0.3, -0.25) is 4.79 Å². The molecule has 0 aromatic carbocycles. The Morgan fingerprint density at radius 2 is 1.76 bits per heavy atom. The molecule has 1 saturated heterocycles. The summed E-state index contributed by atoms with van der Waals surface area (Å²) >= 11 is 0. The Bertz CT molecular complexity index is 312. The second-order valence-corrected chi connectivity index (χ2v) is 7.27. The maximum atomic E-state index is 12.6. The lowest BCUT2D eigenvalue weighted by atomic mass is 9.84. The van der Waals surface area contributed by atoms with E-state index in [1.54, 1.807) is 0 Å². The minimum Gasteiger partial charge on any atom is -0.340 e. The van der Waals surface area contributed by atoms with E-state index >= 15 is 0 Å².